The maximum Gasteiger partial charge on any atom is 0.226 e. The molecule has 0 amide bonds. The van der Waals surface area contributed by atoms with Crippen LogP contribution in [0.2, 0.25) is 0 Å². The van der Waals surface area contributed by atoms with Crippen molar-refractivity contribution in [1.29, 1.82) is 0 Å². The fourth-order valence-corrected chi connectivity index (χ4v) is 1.38. The summed E-state index contributed by atoms with van der Waals surface area (Å²) in [4.78, 5) is 9.80. The lowest BCUT2D eigenvalue weighted by Crippen LogP contribution is -2.17. The van der Waals surface area contributed by atoms with Crippen molar-refractivity contribution in [2.45, 2.75) is 38.2 Å². The molecule has 1 aliphatic carbocycles. The van der Waals surface area contributed by atoms with E-state index in [2.05, 4.69) is 0 Å². The first kappa shape index (κ1) is 7.73. The summed E-state index contributed by atoms with van der Waals surface area (Å²) >= 11 is 0. The van der Waals surface area contributed by atoms with E-state index in [1.54, 1.807) is 6.29 Å². The van der Waals surface area contributed by atoms with Gasteiger partial charge in [-0.05, 0) is 12.8 Å². The highest BCUT2D eigenvalue weighted by Crippen LogP contribution is 2.19. The second-order valence-electron chi connectivity index (χ2n) is 2.72. The standard InChI is InChI=1S/C8H13O2/c9-6-7-10-8-4-2-1-3-5-8/h8H,1-5,7H2. The molecule has 0 heterocycles. The fourth-order valence-electron chi connectivity index (χ4n) is 1.38. The molecule has 1 fully saturated rings. The van der Waals surface area contributed by atoms with E-state index in [0.29, 0.717) is 6.10 Å². The summed E-state index contributed by atoms with van der Waals surface area (Å²) in [5, 5.41) is 0. The molecule has 0 aliphatic heterocycles. The Kier molecular flexibility index (Phi) is 3.44. The van der Waals surface area contributed by atoms with E-state index in [9.17, 15) is 4.79 Å². The van der Waals surface area contributed by atoms with E-state index in [4.69, 9.17) is 4.74 Å². The van der Waals surface area contributed by atoms with Gasteiger partial charge in [-0.1, -0.05) is 19.3 Å². The van der Waals surface area contributed by atoms with E-state index >= 15 is 0 Å². The van der Waals surface area contributed by atoms with E-state index < -0.39 is 0 Å². The van der Waals surface area contributed by atoms with Crippen LogP contribution in [0, 0.1) is 0 Å². The molecule has 2 nitrogen and oxygen atoms in total. The van der Waals surface area contributed by atoms with Crippen molar-refractivity contribution in [3.8, 4) is 0 Å². The van der Waals surface area contributed by atoms with Crippen LogP contribution in [0.3, 0.4) is 0 Å². The van der Waals surface area contributed by atoms with E-state index in [0.717, 1.165) is 12.8 Å². The minimum Gasteiger partial charge on any atom is -0.370 e. The number of carbonyl (C=O) groups excluding carboxylic acids is 1. The molecule has 57 valence electrons. The van der Waals surface area contributed by atoms with Crippen molar-refractivity contribution in [3.63, 3.8) is 0 Å². The summed E-state index contributed by atoms with van der Waals surface area (Å²) in [6, 6.07) is 0. The topological polar surface area (TPSA) is 26.3 Å². The van der Waals surface area contributed by atoms with E-state index in [-0.39, 0.29) is 6.61 Å². The van der Waals surface area contributed by atoms with Crippen molar-refractivity contribution < 1.29 is 9.53 Å². The van der Waals surface area contributed by atoms with Crippen LogP contribution in [-0.4, -0.2) is 19.0 Å². The van der Waals surface area contributed by atoms with Crippen LogP contribution >= 0.6 is 0 Å². The Morgan fingerprint density at radius 2 is 2.00 bits per heavy atom. The maximum absolute atomic E-state index is 9.80. The zero-order chi connectivity index (χ0) is 7.23. The summed E-state index contributed by atoms with van der Waals surface area (Å²) in [6.45, 7) is 0.157. The molecule has 0 aromatic rings. The van der Waals surface area contributed by atoms with Gasteiger partial charge in [-0.25, -0.2) is 0 Å². The highest BCUT2D eigenvalue weighted by Gasteiger charge is 2.12. The van der Waals surface area contributed by atoms with Crippen LogP contribution in [0.1, 0.15) is 32.1 Å². The zero-order valence-corrected chi connectivity index (χ0v) is 6.14. The van der Waals surface area contributed by atoms with Gasteiger partial charge in [0.25, 0.3) is 0 Å². The van der Waals surface area contributed by atoms with Crippen LogP contribution in [0.15, 0.2) is 0 Å². The number of hydrogen-bond acceptors (Lipinski definition) is 2. The molecule has 1 aliphatic rings. The van der Waals surface area contributed by atoms with E-state index in [1.165, 1.54) is 19.3 Å². The number of ether oxygens (including phenoxy) is 1. The average Bonchev–Trinajstić information content (AvgIpc) is 2.03. The minimum absolute atomic E-state index is 0.157. The summed E-state index contributed by atoms with van der Waals surface area (Å²) in [7, 11) is 0. The third kappa shape index (κ3) is 2.48. The summed E-state index contributed by atoms with van der Waals surface area (Å²) in [6.07, 6.45) is 8.17. The lowest BCUT2D eigenvalue weighted by molar-refractivity contribution is 0.0520. The molecular formula is C8H13O2. The monoisotopic (exact) mass is 141 g/mol. The van der Waals surface area contributed by atoms with Gasteiger partial charge >= 0.3 is 0 Å². The SMILES string of the molecule is O=[C]COC1CCCCC1. The minimum atomic E-state index is 0.157. The molecule has 0 aromatic carbocycles. The third-order valence-corrected chi connectivity index (χ3v) is 1.93. The van der Waals surface area contributed by atoms with Crippen molar-refractivity contribution in [1.82, 2.24) is 0 Å². The molecule has 1 radical (unpaired) electrons. The van der Waals surface area contributed by atoms with Gasteiger partial charge in [0.2, 0.25) is 6.29 Å². The van der Waals surface area contributed by atoms with E-state index in [1.807, 2.05) is 0 Å². The van der Waals surface area contributed by atoms with Crippen LogP contribution in [0.4, 0.5) is 0 Å². The Balaban J connectivity index is 2.07. The predicted octanol–water partition coefficient (Wildman–Crippen LogP) is 1.45. The van der Waals surface area contributed by atoms with Gasteiger partial charge in [-0.2, -0.15) is 0 Å². The van der Waals surface area contributed by atoms with Gasteiger partial charge in [0.05, 0.1) is 6.10 Å². The Bertz CT molecular complexity index is 95.4. The highest BCUT2D eigenvalue weighted by atomic mass is 16.5. The Morgan fingerprint density at radius 3 is 2.60 bits per heavy atom. The number of hydrogen-bond donors (Lipinski definition) is 0. The highest BCUT2D eigenvalue weighted by molar-refractivity contribution is 5.51. The molecule has 0 spiro atoms. The molecule has 1 saturated carbocycles. The van der Waals surface area contributed by atoms with Crippen molar-refractivity contribution in [3.05, 3.63) is 0 Å². The first-order valence-corrected chi connectivity index (χ1v) is 3.90. The molecule has 10 heavy (non-hydrogen) atoms. The molecule has 1 rings (SSSR count). The Morgan fingerprint density at radius 1 is 1.30 bits per heavy atom. The normalized spacial score (nSPS) is 20.8. The second kappa shape index (κ2) is 4.45. The third-order valence-electron chi connectivity index (χ3n) is 1.93. The maximum atomic E-state index is 9.80. The summed E-state index contributed by atoms with van der Waals surface area (Å²) < 4.78 is 5.21. The first-order valence-electron chi connectivity index (χ1n) is 3.90. The fraction of sp³-hybridized carbons (Fsp3) is 0.875. The molecule has 0 unspecified atom stereocenters. The summed E-state index contributed by atoms with van der Waals surface area (Å²) in [5.74, 6) is 0. The number of rotatable bonds is 3. The second-order valence-corrected chi connectivity index (χ2v) is 2.72. The largest absolute Gasteiger partial charge is 0.370 e. The van der Waals surface area contributed by atoms with Gasteiger partial charge in [0, 0.05) is 0 Å². The average molecular weight is 141 g/mol. The van der Waals surface area contributed by atoms with Crippen molar-refractivity contribution in [2.75, 3.05) is 6.61 Å². The lowest BCUT2D eigenvalue weighted by Gasteiger charge is -2.20. The smallest absolute Gasteiger partial charge is 0.226 e. The molecule has 0 bridgehead atoms. The quantitative estimate of drug-likeness (QED) is 0.594. The molecule has 0 aromatic heterocycles. The Labute approximate surface area is 61.6 Å². The molecule has 0 atom stereocenters. The van der Waals surface area contributed by atoms with Gasteiger partial charge < -0.3 is 4.74 Å². The Hall–Kier alpha value is -0.370. The van der Waals surface area contributed by atoms with Gasteiger partial charge in [0.15, 0.2) is 0 Å². The van der Waals surface area contributed by atoms with Crippen molar-refractivity contribution >= 4 is 6.29 Å². The lowest BCUT2D eigenvalue weighted by atomic mass is 9.98. The van der Waals surface area contributed by atoms with Crippen molar-refractivity contribution in [2.24, 2.45) is 0 Å². The predicted molar refractivity (Wildman–Crippen MR) is 38.5 cm³/mol. The van der Waals surface area contributed by atoms with Gasteiger partial charge in [-0.15, -0.1) is 0 Å². The van der Waals surface area contributed by atoms with Crippen LogP contribution in [0.25, 0.3) is 0 Å². The van der Waals surface area contributed by atoms with Crippen LogP contribution in [0.5, 0.6) is 0 Å². The molecule has 0 N–H and O–H groups in total. The van der Waals surface area contributed by atoms with Gasteiger partial charge in [0.1, 0.15) is 6.61 Å². The summed E-state index contributed by atoms with van der Waals surface area (Å²) in [5.41, 5.74) is 0. The molecule has 0 saturated heterocycles. The molecular weight excluding hydrogens is 128 g/mol. The van der Waals surface area contributed by atoms with Crippen LogP contribution < -0.4 is 0 Å². The van der Waals surface area contributed by atoms with Crippen LogP contribution in [-0.2, 0) is 9.53 Å². The zero-order valence-electron chi connectivity index (χ0n) is 6.14. The van der Waals surface area contributed by atoms with Gasteiger partial charge in [-0.3, -0.25) is 4.79 Å². The first-order chi connectivity index (χ1) is 4.93. The molecule has 2 heteroatoms.